The molecule has 0 fully saturated rings. The predicted octanol–water partition coefficient (Wildman–Crippen LogP) is 3.78. The van der Waals surface area contributed by atoms with Crippen LogP contribution in [0.2, 0.25) is 0 Å². The van der Waals surface area contributed by atoms with Gasteiger partial charge < -0.3 is 10.0 Å². The van der Waals surface area contributed by atoms with Gasteiger partial charge in [-0.1, -0.05) is 30.3 Å². The molecule has 1 N–H and O–H groups in total. The van der Waals surface area contributed by atoms with Crippen LogP contribution in [0.5, 0.6) is 0 Å². The number of amidine groups is 1. The molecule has 5 nitrogen and oxygen atoms in total. The molecule has 132 valence electrons. The molecule has 0 bridgehead atoms. The van der Waals surface area contributed by atoms with Crippen LogP contribution in [0.25, 0.3) is 6.08 Å². The van der Waals surface area contributed by atoms with E-state index < -0.39 is 11.9 Å². The fourth-order valence-corrected chi connectivity index (χ4v) is 3.33. The van der Waals surface area contributed by atoms with Crippen molar-refractivity contribution in [3.05, 3.63) is 70.9 Å². The number of carbonyl (C=O) groups is 2. The third-order valence-electron chi connectivity index (χ3n) is 3.63. The molecule has 0 aromatic heterocycles. The number of carbonyl (C=O) groups excluding carboxylic acids is 1. The lowest BCUT2D eigenvalue weighted by Crippen LogP contribution is -2.30. The van der Waals surface area contributed by atoms with Crippen LogP contribution in [-0.4, -0.2) is 28.7 Å². The number of thioether (sulfide) groups is 1. The van der Waals surface area contributed by atoms with E-state index in [1.54, 1.807) is 23.1 Å². The minimum Gasteiger partial charge on any atom is -0.481 e. The molecule has 2 aromatic carbocycles. The highest BCUT2D eigenvalue weighted by Crippen LogP contribution is 2.32. The standard InChI is InChI=1S/C19H15FN2O3S/c20-14-8-6-13(7-9-14)12-16-18(25)21-19(26-16)22(11-10-17(23)24)15-4-2-1-3-5-15/h1-9,12H,10-11H2,(H,23,24)/b16-12-. The van der Waals surface area contributed by atoms with Crippen molar-refractivity contribution in [1.29, 1.82) is 0 Å². The van der Waals surface area contributed by atoms with Crippen molar-refractivity contribution in [2.24, 2.45) is 4.99 Å². The van der Waals surface area contributed by atoms with Crippen LogP contribution in [0.4, 0.5) is 10.1 Å². The molecule has 0 atom stereocenters. The zero-order valence-electron chi connectivity index (χ0n) is 13.6. The number of amides is 1. The second-order valence-corrected chi connectivity index (χ2v) is 6.50. The van der Waals surface area contributed by atoms with Crippen molar-refractivity contribution < 1.29 is 19.1 Å². The van der Waals surface area contributed by atoms with Crippen LogP contribution >= 0.6 is 11.8 Å². The van der Waals surface area contributed by atoms with Gasteiger partial charge in [0.1, 0.15) is 5.82 Å². The van der Waals surface area contributed by atoms with E-state index in [9.17, 15) is 14.0 Å². The molecule has 7 heteroatoms. The van der Waals surface area contributed by atoms with Crippen molar-refractivity contribution in [3.8, 4) is 0 Å². The van der Waals surface area contributed by atoms with Gasteiger partial charge in [0.2, 0.25) is 0 Å². The first-order valence-corrected chi connectivity index (χ1v) is 8.67. The second kappa shape index (κ2) is 7.97. The van der Waals surface area contributed by atoms with Gasteiger partial charge in [-0.25, -0.2) is 4.39 Å². The number of para-hydroxylation sites is 1. The Kier molecular flexibility index (Phi) is 5.48. The number of hydrogen-bond donors (Lipinski definition) is 1. The Morgan fingerprint density at radius 3 is 2.50 bits per heavy atom. The molecule has 1 aliphatic rings. The molecule has 0 spiro atoms. The average molecular weight is 370 g/mol. The SMILES string of the molecule is O=C(O)CCN(C1=NC(=O)/C(=C/c2ccc(F)cc2)S1)c1ccccc1. The number of carboxylic acids is 1. The highest BCUT2D eigenvalue weighted by atomic mass is 32.2. The summed E-state index contributed by atoms with van der Waals surface area (Å²) >= 11 is 1.17. The third kappa shape index (κ3) is 4.37. The van der Waals surface area contributed by atoms with Crippen molar-refractivity contribution in [2.45, 2.75) is 6.42 Å². The Labute approximate surface area is 153 Å². The topological polar surface area (TPSA) is 70.0 Å². The lowest BCUT2D eigenvalue weighted by Gasteiger charge is -2.22. The van der Waals surface area contributed by atoms with Gasteiger partial charge in [0.15, 0.2) is 5.17 Å². The summed E-state index contributed by atoms with van der Waals surface area (Å²) in [5.41, 5.74) is 1.45. The van der Waals surface area contributed by atoms with Gasteiger partial charge in [-0.2, -0.15) is 4.99 Å². The normalized spacial score (nSPS) is 15.2. The number of anilines is 1. The largest absolute Gasteiger partial charge is 0.481 e. The van der Waals surface area contributed by atoms with Gasteiger partial charge in [-0.3, -0.25) is 9.59 Å². The third-order valence-corrected chi connectivity index (χ3v) is 4.63. The zero-order valence-corrected chi connectivity index (χ0v) is 14.4. The van der Waals surface area contributed by atoms with Gasteiger partial charge in [0, 0.05) is 12.2 Å². The van der Waals surface area contributed by atoms with Crippen LogP contribution in [0.15, 0.2) is 64.5 Å². The van der Waals surface area contributed by atoms with Gasteiger partial charge in [-0.15, -0.1) is 0 Å². The summed E-state index contributed by atoms with van der Waals surface area (Å²) in [5.74, 6) is -1.67. The second-order valence-electron chi connectivity index (χ2n) is 5.49. The molecule has 2 aromatic rings. The number of rotatable bonds is 5. The van der Waals surface area contributed by atoms with E-state index in [-0.39, 0.29) is 18.8 Å². The molecule has 0 saturated carbocycles. The van der Waals surface area contributed by atoms with Crippen LogP contribution in [-0.2, 0) is 9.59 Å². The van der Waals surface area contributed by atoms with E-state index in [0.717, 1.165) is 5.69 Å². The number of aliphatic imine (C=N–C) groups is 1. The molecule has 0 radical (unpaired) electrons. The summed E-state index contributed by atoms with van der Waals surface area (Å²) in [4.78, 5) is 29.4. The van der Waals surface area contributed by atoms with Crippen molar-refractivity contribution in [1.82, 2.24) is 0 Å². The van der Waals surface area contributed by atoms with E-state index in [2.05, 4.69) is 4.99 Å². The highest BCUT2D eigenvalue weighted by Gasteiger charge is 2.27. The van der Waals surface area contributed by atoms with Crippen LogP contribution in [0.1, 0.15) is 12.0 Å². The number of hydrogen-bond acceptors (Lipinski definition) is 4. The molecular weight excluding hydrogens is 355 g/mol. The summed E-state index contributed by atoms with van der Waals surface area (Å²) in [6.07, 6.45) is 1.56. The summed E-state index contributed by atoms with van der Waals surface area (Å²) in [6, 6.07) is 15.0. The Bertz CT molecular complexity index is 879. The molecule has 3 rings (SSSR count). The Hall–Kier alpha value is -2.93. The fourth-order valence-electron chi connectivity index (χ4n) is 2.37. The fraction of sp³-hybridized carbons (Fsp3) is 0.105. The minimum atomic E-state index is -0.928. The molecule has 1 amide bonds. The summed E-state index contributed by atoms with van der Waals surface area (Å²) in [5, 5.41) is 9.42. The van der Waals surface area contributed by atoms with E-state index in [4.69, 9.17) is 5.11 Å². The van der Waals surface area contributed by atoms with E-state index >= 15 is 0 Å². The number of benzene rings is 2. The number of nitrogens with zero attached hydrogens (tertiary/aromatic N) is 2. The molecule has 26 heavy (non-hydrogen) atoms. The van der Waals surface area contributed by atoms with Gasteiger partial charge >= 0.3 is 5.97 Å². The van der Waals surface area contributed by atoms with Crippen molar-refractivity contribution in [2.75, 3.05) is 11.4 Å². The Morgan fingerprint density at radius 2 is 1.85 bits per heavy atom. The highest BCUT2D eigenvalue weighted by molar-refractivity contribution is 8.18. The number of aliphatic carboxylic acids is 1. The minimum absolute atomic E-state index is 0.0837. The quantitative estimate of drug-likeness (QED) is 0.811. The van der Waals surface area contributed by atoms with Gasteiger partial charge in [0.05, 0.1) is 11.3 Å². The van der Waals surface area contributed by atoms with Crippen molar-refractivity contribution >= 4 is 40.6 Å². The summed E-state index contributed by atoms with van der Waals surface area (Å²) in [7, 11) is 0. The molecule has 1 heterocycles. The average Bonchev–Trinajstić information content (AvgIpc) is 2.98. The van der Waals surface area contributed by atoms with Crippen LogP contribution in [0.3, 0.4) is 0 Å². The molecule has 0 saturated heterocycles. The molecule has 1 aliphatic heterocycles. The van der Waals surface area contributed by atoms with Gasteiger partial charge in [-0.05, 0) is 47.7 Å². The zero-order chi connectivity index (χ0) is 18.5. The molecular formula is C19H15FN2O3S. The first kappa shape index (κ1) is 17.9. The summed E-state index contributed by atoms with van der Waals surface area (Å²) < 4.78 is 13.0. The smallest absolute Gasteiger partial charge is 0.305 e. The lowest BCUT2D eigenvalue weighted by atomic mass is 10.2. The first-order chi connectivity index (χ1) is 12.5. The lowest BCUT2D eigenvalue weighted by molar-refractivity contribution is -0.136. The van der Waals surface area contributed by atoms with Crippen molar-refractivity contribution in [3.63, 3.8) is 0 Å². The maximum Gasteiger partial charge on any atom is 0.305 e. The molecule has 0 unspecified atom stereocenters. The maximum absolute atomic E-state index is 13.0. The van der Waals surface area contributed by atoms with Crippen LogP contribution < -0.4 is 4.90 Å². The first-order valence-electron chi connectivity index (χ1n) is 7.85. The Morgan fingerprint density at radius 1 is 1.15 bits per heavy atom. The Balaban J connectivity index is 1.84. The maximum atomic E-state index is 13.0. The van der Waals surface area contributed by atoms with E-state index in [1.807, 2.05) is 30.3 Å². The predicted molar refractivity (Wildman–Crippen MR) is 100 cm³/mol. The summed E-state index contributed by atoms with van der Waals surface area (Å²) in [6.45, 7) is 0.197. The number of carboxylic acid groups (broad SMARTS) is 1. The monoisotopic (exact) mass is 370 g/mol. The van der Waals surface area contributed by atoms with E-state index in [0.29, 0.717) is 15.6 Å². The van der Waals surface area contributed by atoms with Gasteiger partial charge in [0.25, 0.3) is 5.91 Å². The van der Waals surface area contributed by atoms with Crippen LogP contribution in [0, 0.1) is 5.82 Å². The number of halogens is 1. The molecule has 0 aliphatic carbocycles. The van der Waals surface area contributed by atoms with E-state index in [1.165, 1.54) is 23.9 Å².